The molecule has 0 bridgehead atoms. The maximum Gasteiger partial charge on any atom is 0.286 e. The highest BCUT2D eigenvalue weighted by Gasteiger charge is 2.27. The zero-order valence-electron chi connectivity index (χ0n) is 18.2. The SMILES string of the molecule is CCC(C)(C)c1cc(-c2cccc(/C=C3\SC(N4CCOCC4)=NC3=O)c2)ccc1O. The Bertz CT molecular complexity index is 1050. The number of aromatic hydroxyl groups is 1. The molecule has 6 heteroatoms. The molecule has 0 atom stereocenters. The van der Waals surface area contributed by atoms with Gasteiger partial charge in [0.2, 0.25) is 0 Å². The van der Waals surface area contributed by atoms with E-state index in [2.05, 4.69) is 48.9 Å². The lowest BCUT2D eigenvalue weighted by molar-refractivity contribution is -0.113. The van der Waals surface area contributed by atoms with E-state index in [9.17, 15) is 9.90 Å². The zero-order valence-corrected chi connectivity index (χ0v) is 19.0. The molecule has 0 saturated carbocycles. The van der Waals surface area contributed by atoms with E-state index in [1.807, 2.05) is 24.3 Å². The fourth-order valence-corrected chi connectivity index (χ4v) is 4.66. The van der Waals surface area contributed by atoms with Gasteiger partial charge in [0.25, 0.3) is 5.91 Å². The van der Waals surface area contributed by atoms with E-state index < -0.39 is 0 Å². The molecule has 2 aliphatic heterocycles. The van der Waals surface area contributed by atoms with Crippen LogP contribution in [0.25, 0.3) is 17.2 Å². The third-order valence-corrected chi connectivity index (χ3v) is 7.06. The van der Waals surface area contributed by atoms with Gasteiger partial charge in [0.1, 0.15) is 5.75 Å². The Morgan fingerprint density at radius 2 is 1.90 bits per heavy atom. The molecule has 0 aliphatic carbocycles. The summed E-state index contributed by atoms with van der Waals surface area (Å²) < 4.78 is 5.39. The minimum absolute atomic E-state index is 0.111. The lowest BCUT2D eigenvalue weighted by Crippen LogP contribution is -2.38. The predicted octanol–water partition coefficient (Wildman–Crippen LogP) is 5.05. The van der Waals surface area contributed by atoms with Crippen LogP contribution in [0.5, 0.6) is 5.75 Å². The molecule has 0 spiro atoms. The number of carbonyl (C=O) groups is 1. The van der Waals surface area contributed by atoms with E-state index in [0.29, 0.717) is 23.9 Å². The second-order valence-corrected chi connectivity index (χ2v) is 9.51. The Morgan fingerprint density at radius 1 is 1.16 bits per heavy atom. The number of carbonyl (C=O) groups excluding carboxylic acids is 1. The van der Waals surface area contributed by atoms with Crippen molar-refractivity contribution in [3.63, 3.8) is 0 Å². The minimum atomic E-state index is -0.187. The quantitative estimate of drug-likeness (QED) is 0.680. The summed E-state index contributed by atoms with van der Waals surface area (Å²) in [5.74, 6) is 0.142. The summed E-state index contributed by atoms with van der Waals surface area (Å²) in [4.78, 5) is 19.4. The molecule has 0 aromatic heterocycles. The van der Waals surface area contributed by atoms with Crippen LogP contribution in [0.3, 0.4) is 0 Å². The maximum absolute atomic E-state index is 12.4. The highest BCUT2D eigenvalue weighted by atomic mass is 32.2. The van der Waals surface area contributed by atoms with Crippen molar-refractivity contribution < 1.29 is 14.6 Å². The van der Waals surface area contributed by atoms with Crippen molar-refractivity contribution in [2.45, 2.75) is 32.6 Å². The standard InChI is InChI=1S/C25H28N2O3S/c1-4-25(2,3)20-16-19(8-9-21(20)28)18-7-5-6-17(14-18)15-22-23(29)26-24(31-22)27-10-12-30-13-11-27/h5-9,14-16,28H,4,10-13H2,1-3H3/b22-15-. The minimum Gasteiger partial charge on any atom is -0.508 e. The second-order valence-electron chi connectivity index (χ2n) is 8.50. The Hall–Kier alpha value is -2.57. The van der Waals surface area contributed by atoms with E-state index in [4.69, 9.17) is 4.74 Å². The summed E-state index contributed by atoms with van der Waals surface area (Å²) >= 11 is 1.43. The summed E-state index contributed by atoms with van der Waals surface area (Å²) in [5.41, 5.74) is 3.88. The Morgan fingerprint density at radius 3 is 2.65 bits per heavy atom. The summed E-state index contributed by atoms with van der Waals surface area (Å²) in [6.45, 7) is 9.26. The number of hydrogen-bond acceptors (Lipinski definition) is 5. The van der Waals surface area contributed by atoms with Crippen LogP contribution in [0.2, 0.25) is 0 Å². The van der Waals surface area contributed by atoms with Crippen LogP contribution in [0.1, 0.15) is 38.3 Å². The number of benzene rings is 2. The van der Waals surface area contributed by atoms with Gasteiger partial charge in [0.05, 0.1) is 18.1 Å². The van der Waals surface area contributed by atoms with Gasteiger partial charge < -0.3 is 14.7 Å². The van der Waals surface area contributed by atoms with Gasteiger partial charge in [0.15, 0.2) is 5.17 Å². The number of amides is 1. The van der Waals surface area contributed by atoms with Gasteiger partial charge in [-0.2, -0.15) is 4.99 Å². The largest absolute Gasteiger partial charge is 0.508 e. The summed E-state index contributed by atoms with van der Waals surface area (Å²) in [6.07, 6.45) is 2.84. The molecule has 0 radical (unpaired) electrons. The van der Waals surface area contributed by atoms with Gasteiger partial charge in [-0.1, -0.05) is 45.0 Å². The van der Waals surface area contributed by atoms with Crippen LogP contribution < -0.4 is 0 Å². The molecule has 1 fully saturated rings. The van der Waals surface area contributed by atoms with Crippen LogP contribution >= 0.6 is 11.8 Å². The first-order valence-corrected chi connectivity index (χ1v) is 11.5. The predicted molar refractivity (Wildman–Crippen MR) is 127 cm³/mol. The molecule has 2 heterocycles. The zero-order chi connectivity index (χ0) is 22.0. The van der Waals surface area contributed by atoms with Crippen LogP contribution in [0, 0.1) is 0 Å². The molecule has 2 aliphatic rings. The molecule has 1 N–H and O–H groups in total. The van der Waals surface area contributed by atoms with Gasteiger partial charge in [-0.3, -0.25) is 4.79 Å². The number of hydrogen-bond donors (Lipinski definition) is 1. The monoisotopic (exact) mass is 436 g/mol. The third kappa shape index (κ3) is 4.70. The average molecular weight is 437 g/mol. The molecule has 2 aromatic carbocycles. The van der Waals surface area contributed by atoms with Gasteiger partial charge in [0, 0.05) is 18.7 Å². The fraction of sp³-hybridized carbons (Fsp3) is 0.360. The molecular formula is C25H28N2O3S. The summed E-state index contributed by atoms with van der Waals surface area (Å²) in [6, 6.07) is 13.9. The van der Waals surface area contributed by atoms with Crippen LogP contribution in [-0.4, -0.2) is 47.4 Å². The van der Waals surface area contributed by atoms with Crippen LogP contribution in [-0.2, 0) is 14.9 Å². The number of phenolic OH excluding ortho intramolecular Hbond substituents is 1. The van der Waals surface area contributed by atoms with Crippen molar-refractivity contribution in [1.29, 1.82) is 0 Å². The summed E-state index contributed by atoms with van der Waals surface area (Å²) in [5, 5.41) is 11.1. The lowest BCUT2D eigenvalue weighted by Gasteiger charge is -2.27. The second kappa shape index (κ2) is 8.89. The first-order chi connectivity index (χ1) is 14.9. The van der Waals surface area contributed by atoms with Gasteiger partial charge in [-0.15, -0.1) is 0 Å². The van der Waals surface area contributed by atoms with Crippen molar-refractivity contribution in [1.82, 2.24) is 4.90 Å². The molecule has 2 aromatic rings. The van der Waals surface area contributed by atoms with Crippen molar-refractivity contribution in [3.8, 4) is 16.9 Å². The number of phenols is 1. The van der Waals surface area contributed by atoms with Crippen LogP contribution in [0.15, 0.2) is 52.4 Å². The van der Waals surface area contributed by atoms with E-state index in [1.54, 1.807) is 6.07 Å². The van der Waals surface area contributed by atoms with E-state index >= 15 is 0 Å². The molecule has 0 unspecified atom stereocenters. The Balaban J connectivity index is 1.58. The molecule has 4 rings (SSSR count). The van der Waals surface area contributed by atoms with Crippen molar-refractivity contribution >= 4 is 28.9 Å². The number of nitrogens with zero attached hydrogens (tertiary/aromatic N) is 2. The van der Waals surface area contributed by atoms with Gasteiger partial charge in [-0.25, -0.2) is 0 Å². The highest BCUT2D eigenvalue weighted by Crippen LogP contribution is 2.37. The van der Waals surface area contributed by atoms with Crippen molar-refractivity contribution in [2.24, 2.45) is 4.99 Å². The molecular weight excluding hydrogens is 408 g/mol. The molecule has 1 amide bonds. The van der Waals surface area contributed by atoms with E-state index in [-0.39, 0.29) is 11.3 Å². The smallest absolute Gasteiger partial charge is 0.286 e. The third-order valence-electron chi connectivity index (χ3n) is 6.02. The Labute approximate surface area is 187 Å². The molecule has 162 valence electrons. The van der Waals surface area contributed by atoms with Crippen molar-refractivity contribution in [2.75, 3.05) is 26.3 Å². The highest BCUT2D eigenvalue weighted by molar-refractivity contribution is 8.18. The molecule has 5 nitrogen and oxygen atoms in total. The molecule has 1 saturated heterocycles. The number of thioether (sulfide) groups is 1. The number of ether oxygens (including phenoxy) is 1. The summed E-state index contributed by atoms with van der Waals surface area (Å²) in [7, 11) is 0. The van der Waals surface area contributed by atoms with Gasteiger partial charge >= 0.3 is 0 Å². The first kappa shape index (κ1) is 21.7. The maximum atomic E-state index is 12.4. The normalized spacial score (nSPS) is 18.5. The number of rotatable bonds is 4. The van der Waals surface area contributed by atoms with E-state index in [1.165, 1.54) is 11.8 Å². The topological polar surface area (TPSA) is 62.1 Å². The lowest BCUT2D eigenvalue weighted by atomic mass is 9.80. The number of morpholine rings is 1. The fourth-order valence-electron chi connectivity index (χ4n) is 3.70. The number of amidine groups is 1. The number of aliphatic imine (C=N–C) groups is 1. The van der Waals surface area contributed by atoms with E-state index in [0.717, 1.165) is 46.9 Å². The molecule has 31 heavy (non-hydrogen) atoms. The van der Waals surface area contributed by atoms with Gasteiger partial charge in [-0.05, 0) is 64.6 Å². The first-order valence-electron chi connectivity index (χ1n) is 10.7. The average Bonchev–Trinajstić information content (AvgIpc) is 3.15. The van der Waals surface area contributed by atoms with Crippen molar-refractivity contribution in [3.05, 3.63) is 58.5 Å². The van der Waals surface area contributed by atoms with Crippen LogP contribution in [0.4, 0.5) is 0 Å². The Kier molecular flexibility index (Phi) is 6.21.